The van der Waals surface area contributed by atoms with Gasteiger partial charge < -0.3 is 14.2 Å². The van der Waals surface area contributed by atoms with E-state index in [0.717, 1.165) is 16.2 Å². The number of ether oxygens (including phenoxy) is 1. The molecule has 7 heteroatoms. The lowest BCUT2D eigenvalue weighted by Crippen LogP contribution is -2.27. The number of benzene rings is 2. The monoisotopic (exact) mass is 383 g/mol. The molecule has 0 N–H and O–H groups in total. The Kier molecular flexibility index (Phi) is 6.13. The molecule has 0 radical (unpaired) electrons. The first-order valence-corrected chi connectivity index (χ1v) is 9.44. The first-order valence-electron chi connectivity index (χ1n) is 8.45. The average molecular weight is 383 g/mol. The molecular weight excluding hydrogens is 362 g/mol. The molecule has 0 fully saturated rings. The van der Waals surface area contributed by atoms with E-state index in [0.29, 0.717) is 17.5 Å². The summed E-state index contributed by atoms with van der Waals surface area (Å²) in [6.45, 7) is 2.31. The highest BCUT2D eigenvalue weighted by Crippen LogP contribution is 2.22. The molecule has 6 nitrogen and oxygen atoms in total. The van der Waals surface area contributed by atoms with Crippen LogP contribution >= 0.6 is 11.8 Å². The number of carbonyl (C=O) groups excluding carboxylic acids is 1. The molecule has 1 heterocycles. The summed E-state index contributed by atoms with van der Waals surface area (Å²) in [5.74, 6) is 1.94. The van der Waals surface area contributed by atoms with Crippen LogP contribution in [0.4, 0.5) is 0 Å². The van der Waals surface area contributed by atoms with Crippen molar-refractivity contribution < 1.29 is 14.1 Å². The Labute approximate surface area is 162 Å². The number of hydrogen-bond donors (Lipinski definition) is 0. The lowest BCUT2D eigenvalue weighted by atomic mass is 10.2. The van der Waals surface area contributed by atoms with E-state index in [9.17, 15) is 4.79 Å². The molecular formula is C20H21N3O3S. The highest BCUT2D eigenvalue weighted by molar-refractivity contribution is 8.00. The van der Waals surface area contributed by atoms with Gasteiger partial charge in [0, 0.05) is 17.5 Å². The Hall–Kier alpha value is -2.80. The van der Waals surface area contributed by atoms with E-state index in [-0.39, 0.29) is 12.5 Å². The van der Waals surface area contributed by atoms with Crippen LogP contribution in [0.3, 0.4) is 0 Å². The summed E-state index contributed by atoms with van der Waals surface area (Å²) in [6, 6.07) is 15.5. The quantitative estimate of drug-likeness (QED) is 0.578. The van der Waals surface area contributed by atoms with Crippen LogP contribution in [0.25, 0.3) is 11.4 Å². The normalized spacial score (nSPS) is 10.6. The number of aromatic nitrogens is 2. The third kappa shape index (κ3) is 5.10. The van der Waals surface area contributed by atoms with Crippen molar-refractivity contribution >= 4 is 17.7 Å². The van der Waals surface area contributed by atoms with Gasteiger partial charge in [0.15, 0.2) is 0 Å². The predicted octanol–water partition coefficient (Wildman–Crippen LogP) is 3.80. The molecule has 0 bridgehead atoms. The maximum atomic E-state index is 12.3. The molecule has 140 valence electrons. The minimum Gasteiger partial charge on any atom is -0.497 e. The molecule has 0 spiro atoms. The number of thioether (sulfide) groups is 1. The van der Waals surface area contributed by atoms with Crippen molar-refractivity contribution in [1.82, 2.24) is 15.0 Å². The molecule has 0 saturated carbocycles. The molecule has 0 aliphatic heterocycles. The summed E-state index contributed by atoms with van der Waals surface area (Å²) in [4.78, 5) is 19.4. The number of hydrogen-bond acceptors (Lipinski definition) is 6. The third-order valence-corrected chi connectivity index (χ3v) is 4.97. The van der Waals surface area contributed by atoms with Gasteiger partial charge in [-0.3, -0.25) is 4.79 Å². The van der Waals surface area contributed by atoms with E-state index >= 15 is 0 Å². The van der Waals surface area contributed by atoms with Crippen LogP contribution in [-0.2, 0) is 11.3 Å². The fourth-order valence-corrected chi connectivity index (χ4v) is 3.22. The molecule has 0 aliphatic rings. The van der Waals surface area contributed by atoms with Crippen LogP contribution in [0.5, 0.6) is 5.75 Å². The van der Waals surface area contributed by atoms with Crippen molar-refractivity contribution in [3.63, 3.8) is 0 Å². The summed E-state index contributed by atoms with van der Waals surface area (Å²) in [7, 11) is 3.34. The number of rotatable bonds is 7. The summed E-state index contributed by atoms with van der Waals surface area (Å²) < 4.78 is 10.5. The Morgan fingerprint density at radius 1 is 1.22 bits per heavy atom. The Morgan fingerprint density at radius 2 is 2.00 bits per heavy atom. The Morgan fingerprint density at radius 3 is 2.74 bits per heavy atom. The Bertz CT molecular complexity index is 909. The SMILES string of the molecule is COc1cccc(-c2noc(CN(C)C(=O)CSc3ccc(C)cc3)n2)c1. The van der Waals surface area contributed by atoms with Gasteiger partial charge in [0.1, 0.15) is 5.75 Å². The molecule has 2 aromatic carbocycles. The number of nitrogens with zero attached hydrogens (tertiary/aromatic N) is 3. The van der Waals surface area contributed by atoms with Gasteiger partial charge >= 0.3 is 0 Å². The molecule has 0 aliphatic carbocycles. The minimum absolute atomic E-state index is 0.00158. The van der Waals surface area contributed by atoms with Gasteiger partial charge in [-0.05, 0) is 31.2 Å². The number of carbonyl (C=O) groups is 1. The van der Waals surface area contributed by atoms with E-state index in [1.54, 1.807) is 19.1 Å². The molecule has 3 rings (SSSR count). The predicted molar refractivity (Wildman–Crippen MR) is 105 cm³/mol. The van der Waals surface area contributed by atoms with E-state index in [1.807, 2.05) is 55.5 Å². The van der Waals surface area contributed by atoms with E-state index in [4.69, 9.17) is 9.26 Å². The molecule has 0 unspecified atom stereocenters. The smallest absolute Gasteiger partial charge is 0.246 e. The van der Waals surface area contributed by atoms with Gasteiger partial charge in [0.25, 0.3) is 0 Å². The summed E-state index contributed by atoms with van der Waals surface area (Å²) in [6.07, 6.45) is 0. The lowest BCUT2D eigenvalue weighted by molar-refractivity contribution is -0.127. The average Bonchev–Trinajstić information content (AvgIpc) is 3.15. The van der Waals surface area contributed by atoms with Crippen LogP contribution in [-0.4, -0.2) is 40.9 Å². The van der Waals surface area contributed by atoms with Gasteiger partial charge in [-0.2, -0.15) is 4.98 Å². The van der Waals surface area contributed by atoms with Crippen LogP contribution in [0.2, 0.25) is 0 Å². The highest BCUT2D eigenvalue weighted by atomic mass is 32.2. The second-order valence-corrected chi connectivity index (χ2v) is 7.14. The van der Waals surface area contributed by atoms with Crippen LogP contribution in [0.1, 0.15) is 11.5 Å². The van der Waals surface area contributed by atoms with Gasteiger partial charge in [-0.25, -0.2) is 0 Å². The van der Waals surface area contributed by atoms with E-state index in [2.05, 4.69) is 10.1 Å². The fraction of sp³-hybridized carbons (Fsp3) is 0.250. The van der Waals surface area contributed by atoms with E-state index in [1.165, 1.54) is 17.3 Å². The highest BCUT2D eigenvalue weighted by Gasteiger charge is 2.15. The first kappa shape index (κ1) is 19.0. The summed E-state index contributed by atoms with van der Waals surface area (Å²) in [5.41, 5.74) is 2.00. The molecule has 0 saturated heterocycles. The van der Waals surface area contributed by atoms with Crippen LogP contribution in [0, 0.1) is 6.92 Å². The minimum atomic E-state index is 0.00158. The van der Waals surface area contributed by atoms with Crippen molar-refractivity contribution in [3.8, 4) is 17.1 Å². The van der Waals surface area contributed by atoms with Crippen molar-refractivity contribution in [3.05, 3.63) is 60.0 Å². The zero-order valence-corrected chi connectivity index (χ0v) is 16.3. The van der Waals surface area contributed by atoms with Gasteiger partial charge in [-0.1, -0.05) is 35.0 Å². The molecule has 1 aromatic heterocycles. The first-order chi connectivity index (χ1) is 13.0. The van der Waals surface area contributed by atoms with Gasteiger partial charge in [-0.15, -0.1) is 11.8 Å². The van der Waals surface area contributed by atoms with Gasteiger partial charge in [0.05, 0.1) is 19.4 Å². The lowest BCUT2D eigenvalue weighted by Gasteiger charge is -2.14. The summed E-state index contributed by atoms with van der Waals surface area (Å²) >= 11 is 1.51. The summed E-state index contributed by atoms with van der Waals surface area (Å²) in [5, 5.41) is 3.99. The molecule has 1 amide bonds. The number of aryl methyl sites for hydroxylation is 1. The van der Waals surface area contributed by atoms with Crippen LogP contribution in [0.15, 0.2) is 57.9 Å². The largest absolute Gasteiger partial charge is 0.497 e. The number of methoxy groups -OCH3 is 1. The zero-order chi connectivity index (χ0) is 19.2. The number of amides is 1. The molecule has 0 atom stereocenters. The van der Waals surface area contributed by atoms with Crippen molar-refractivity contribution in [2.75, 3.05) is 19.9 Å². The molecule has 27 heavy (non-hydrogen) atoms. The maximum Gasteiger partial charge on any atom is 0.246 e. The molecule has 3 aromatic rings. The van der Waals surface area contributed by atoms with E-state index < -0.39 is 0 Å². The van der Waals surface area contributed by atoms with Crippen molar-refractivity contribution in [2.24, 2.45) is 0 Å². The maximum absolute atomic E-state index is 12.3. The second kappa shape index (κ2) is 8.73. The van der Waals surface area contributed by atoms with Gasteiger partial charge in [0.2, 0.25) is 17.6 Å². The fourth-order valence-electron chi connectivity index (χ4n) is 2.38. The standard InChI is InChI=1S/C20H21N3O3S/c1-14-7-9-17(10-8-14)27-13-19(24)23(2)12-18-21-20(22-26-18)15-5-4-6-16(11-15)25-3/h4-11H,12-13H2,1-3H3. The van der Waals surface area contributed by atoms with Crippen molar-refractivity contribution in [2.45, 2.75) is 18.4 Å². The topological polar surface area (TPSA) is 68.5 Å². The van der Waals surface area contributed by atoms with Crippen molar-refractivity contribution in [1.29, 1.82) is 0 Å². The zero-order valence-electron chi connectivity index (χ0n) is 15.5. The second-order valence-electron chi connectivity index (χ2n) is 6.10. The third-order valence-electron chi connectivity index (χ3n) is 3.98. The van der Waals surface area contributed by atoms with Crippen LogP contribution < -0.4 is 4.74 Å². The Balaban J connectivity index is 1.57.